The zero-order valence-electron chi connectivity index (χ0n) is 10.8. The van der Waals surface area contributed by atoms with Gasteiger partial charge >= 0.3 is 0 Å². The second-order valence-corrected chi connectivity index (χ2v) is 5.38. The van der Waals surface area contributed by atoms with Gasteiger partial charge in [-0.15, -0.1) is 11.3 Å². The first kappa shape index (κ1) is 12.8. The maximum absolute atomic E-state index is 4.46. The molecule has 2 rings (SSSR count). The van der Waals surface area contributed by atoms with Gasteiger partial charge in [0.15, 0.2) is 0 Å². The molecular weight excluding hydrogens is 240 g/mol. The molecule has 0 N–H and O–H groups in total. The number of aliphatic imine (C=N–C) groups is 1. The number of rotatable bonds is 5. The summed E-state index contributed by atoms with van der Waals surface area (Å²) >= 11 is 1.79. The van der Waals surface area contributed by atoms with Gasteiger partial charge in [-0.05, 0) is 29.1 Å². The molecule has 1 heterocycles. The number of hydrogen-bond donors (Lipinski definition) is 0. The van der Waals surface area contributed by atoms with Crippen LogP contribution in [0.3, 0.4) is 0 Å². The van der Waals surface area contributed by atoms with Gasteiger partial charge in [-0.2, -0.15) is 0 Å². The van der Waals surface area contributed by atoms with Gasteiger partial charge in [0.1, 0.15) is 0 Å². The third-order valence-corrected chi connectivity index (χ3v) is 3.65. The predicted molar refractivity (Wildman–Crippen MR) is 81.3 cm³/mol. The van der Waals surface area contributed by atoms with Gasteiger partial charge < -0.3 is 4.90 Å². The average molecular weight is 258 g/mol. The molecule has 0 aliphatic heterocycles. The molecule has 0 spiro atoms. The van der Waals surface area contributed by atoms with Gasteiger partial charge in [-0.25, -0.2) is 0 Å². The summed E-state index contributed by atoms with van der Waals surface area (Å²) in [5, 5.41) is 2.11. The van der Waals surface area contributed by atoms with Crippen LogP contribution in [0.15, 0.2) is 46.8 Å². The first-order chi connectivity index (χ1) is 8.75. The lowest BCUT2D eigenvalue weighted by Gasteiger charge is -2.11. The maximum Gasteiger partial charge on any atom is 0.0437 e. The van der Waals surface area contributed by atoms with E-state index in [-0.39, 0.29) is 0 Å². The fraction of sp³-hybridized carbons (Fsp3) is 0.267. The molecule has 0 saturated heterocycles. The van der Waals surface area contributed by atoms with E-state index in [2.05, 4.69) is 51.7 Å². The Bertz CT molecular complexity index is 484. The Morgan fingerprint density at radius 1 is 1.17 bits per heavy atom. The van der Waals surface area contributed by atoms with Crippen LogP contribution in [0.4, 0.5) is 5.69 Å². The standard InChI is InChI=1S/C15H18N2S/c1-17(2)14-7-5-13(6-8-14)12-16-10-9-15-4-3-11-18-15/h3-8,11-12H,9-10H2,1-2H3/b16-12+. The molecule has 0 radical (unpaired) electrons. The van der Waals surface area contributed by atoms with Crippen LogP contribution in [-0.2, 0) is 6.42 Å². The summed E-state index contributed by atoms with van der Waals surface area (Å²) in [7, 11) is 4.09. The van der Waals surface area contributed by atoms with Crippen LogP contribution in [0.2, 0.25) is 0 Å². The highest BCUT2D eigenvalue weighted by Gasteiger charge is 1.94. The van der Waals surface area contributed by atoms with Crippen molar-refractivity contribution in [3.63, 3.8) is 0 Å². The van der Waals surface area contributed by atoms with Gasteiger partial charge in [0.05, 0.1) is 0 Å². The van der Waals surface area contributed by atoms with Crippen LogP contribution in [0.25, 0.3) is 0 Å². The van der Waals surface area contributed by atoms with Crippen molar-refractivity contribution < 1.29 is 0 Å². The van der Waals surface area contributed by atoms with Crippen LogP contribution in [0.1, 0.15) is 10.4 Å². The number of thiophene rings is 1. The van der Waals surface area contributed by atoms with E-state index in [0.717, 1.165) is 18.5 Å². The van der Waals surface area contributed by atoms with Gasteiger partial charge in [0.2, 0.25) is 0 Å². The third-order valence-electron chi connectivity index (χ3n) is 2.72. The minimum absolute atomic E-state index is 0.857. The summed E-state index contributed by atoms with van der Waals surface area (Å²) < 4.78 is 0. The third kappa shape index (κ3) is 3.70. The monoisotopic (exact) mass is 258 g/mol. The Kier molecular flexibility index (Phi) is 4.53. The Labute approximate surface area is 113 Å². The Hall–Kier alpha value is -1.61. The number of anilines is 1. The van der Waals surface area contributed by atoms with Crippen molar-refractivity contribution in [1.82, 2.24) is 0 Å². The lowest BCUT2D eigenvalue weighted by atomic mass is 10.2. The highest BCUT2D eigenvalue weighted by molar-refractivity contribution is 7.09. The van der Waals surface area contributed by atoms with E-state index in [1.165, 1.54) is 10.6 Å². The van der Waals surface area contributed by atoms with Crippen molar-refractivity contribution in [2.24, 2.45) is 4.99 Å². The molecule has 94 valence electrons. The summed E-state index contributed by atoms with van der Waals surface area (Å²) in [6, 6.07) is 12.7. The summed E-state index contributed by atoms with van der Waals surface area (Å²) in [4.78, 5) is 7.95. The largest absolute Gasteiger partial charge is 0.378 e. The molecule has 1 aromatic heterocycles. The van der Waals surface area contributed by atoms with Gasteiger partial charge in [-0.3, -0.25) is 4.99 Å². The molecule has 0 aliphatic carbocycles. The summed E-state index contributed by atoms with van der Waals surface area (Å²) in [6.45, 7) is 0.857. The SMILES string of the molecule is CN(C)c1ccc(/C=N/CCc2cccs2)cc1. The zero-order valence-corrected chi connectivity index (χ0v) is 11.7. The number of hydrogen-bond acceptors (Lipinski definition) is 3. The first-order valence-electron chi connectivity index (χ1n) is 6.05. The average Bonchev–Trinajstić information content (AvgIpc) is 2.88. The predicted octanol–water partition coefficient (Wildman–Crippen LogP) is 3.48. The lowest BCUT2D eigenvalue weighted by Crippen LogP contribution is -2.08. The van der Waals surface area contributed by atoms with E-state index in [9.17, 15) is 0 Å². The normalized spacial score (nSPS) is 11.0. The summed E-state index contributed by atoms with van der Waals surface area (Å²) in [5.41, 5.74) is 2.37. The molecule has 0 fully saturated rings. The zero-order chi connectivity index (χ0) is 12.8. The molecule has 2 nitrogen and oxygen atoms in total. The smallest absolute Gasteiger partial charge is 0.0437 e. The van der Waals surface area contributed by atoms with Crippen LogP contribution in [0, 0.1) is 0 Å². The van der Waals surface area contributed by atoms with Gasteiger partial charge in [0.25, 0.3) is 0 Å². The second-order valence-electron chi connectivity index (χ2n) is 4.35. The Morgan fingerprint density at radius 2 is 1.94 bits per heavy atom. The maximum atomic E-state index is 4.46. The Morgan fingerprint density at radius 3 is 2.56 bits per heavy atom. The van der Waals surface area contributed by atoms with Gasteiger partial charge in [0, 0.05) is 43.8 Å². The summed E-state index contributed by atoms with van der Waals surface area (Å²) in [5.74, 6) is 0. The van der Waals surface area contributed by atoms with Crippen LogP contribution >= 0.6 is 11.3 Å². The van der Waals surface area contributed by atoms with Gasteiger partial charge in [-0.1, -0.05) is 18.2 Å². The molecule has 0 bridgehead atoms. The second kappa shape index (κ2) is 6.36. The van der Waals surface area contributed by atoms with E-state index < -0.39 is 0 Å². The minimum atomic E-state index is 0.857. The van der Waals surface area contributed by atoms with E-state index in [1.54, 1.807) is 11.3 Å². The molecule has 0 saturated carbocycles. The number of benzene rings is 1. The molecule has 0 amide bonds. The molecular formula is C15H18N2S. The topological polar surface area (TPSA) is 15.6 Å². The van der Waals surface area contributed by atoms with Crippen molar-refractivity contribution in [2.75, 3.05) is 25.5 Å². The van der Waals surface area contributed by atoms with Crippen molar-refractivity contribution in [3.8, 4) is 0 Å². The molecule has 2 aromatic rings. The van der Waals surface area contributed by atoms with Crippen molar-refractivity contribution >= 4 is 23.2 Å². The Balaban J connectivity index is 1.85. The van der Waals surface area contributed by atoms with Crippen LogP contribution in [-0.4, -0.2) is 26.9 Å². The molecule has 3 heteroatoms. The molecule has 1 aromatic carbocycles. The summed E-state index contributed by atoms with van der Waals surface area (Å²) in [6.07, 6.45) is 2.98. The van der Waals surface area contributed by atoms with E-state index in [4.69, 9.17) is 0 Å². The molecule has 18 heavy (non-hydrogen) atoms. The van der Waals surface area contributed by atoms with Crippen molar-refractivity contribution in [3.05, 3.63) is 52.2 Å². The van der Waals surface area contributed by atoms with E-state index in [0.29, 0.717) is 0 Å². The lowest BCUT2D eigenvalue weighted by molar-refractivity contribution is 0.993. The van der Waals surface area contributed by atoms with E-state index >= 15 is 0 Å². The van der Waals surface area contributed by atoms with Crippen molar-refractivity contribution in [1.29, 1.82) is 0 Å². The van der Waals surface area contributed by atoms with Crippen LogP contribution in [0.5, 0.6) is 0 Å². The highest BCUT2D eigenvalue weighted by Crippen LogP contribution is 2.11. The number of nitrogens with zero attached hydrogens (tertiary/aromatic N) is 2. The van der Waals surface area contributed by atoms with E-state index in [1.807, 2.05) is 20.3 Å². The van der Waals surface area contributed by atoms with Crippen LogP contribution < -0.4 is 4.90 Å². The quantitative estimate of drug-likeness (QED) is 0.750. The first-order valence-corrected chi connectivity index (χ1v) is 6.93. The fourth-order valence-electron chi connectivity index (χ4n) is 1.66. The molecule has 0 aliphatic rings. The molecule has 0 unspecified atom stereocenters. The fourth-order valence-corrected chi connectivity index (χ4v) is 2.36. The van der Waals surface area contributed by atoms with Crippen molar-refractivity contribution in [2.45, 2.75) is 6.42 Å². The minimum Gasteiger partial charge on any atom is -0.378 e. The highest BCUT2D eigenvalue weighted by atomic mass is 32.1. The molecule has 0 atom stereocenters.